The Labute approximate surface area is 130 Å². The van der Waals surface area contributed by atoms with Crippen LogP contribution in [-0.4, -0.2) is 31.1 Å². The second kappa shape index (κ2) is 5.76. The fourth-order valence-electron chi connectivity index (χ4n) is 1.60. The molecule has 118 valence electrons. The number of amides is 1. The van der Waals surface area contributed by atoms with Crippen molar-refractivity contribution in [3.8, 4) is 5.69 Å². The molecule has 1 aromatic carbocycles. The smallest absolute Gasteiger partial charge is 0.295 e. The van der Waals surface area contributed by atoms with Crippen molar-refractivity contribution in [3.05, 3.63) is 47.2 Å². The molecule has 3 rings (SSSR count). The summed E-state index contributed by atoms with van der Waals surface area (Å²) in [5.74, 6) is -0.725. The van der Waals surface area contributed by atoms with Crippen molar-refractivity contribution < 1.29 is 18.0 Å². The van der Waals surface area contributed by atoms with E-state index in [1.165, 1.54) is 11.0 Å². The highest BCUT2D eigenvalue weighted by Crippen LogP contribution is 2.33. The lowest BCUT2D eigenvalue weighted by molar-refractivity contribution is -0.138. The standard InChI is InChI=1S/C12H7F3N6OS/c13-12(14,15)10-18-19-11(23-10)17-9(22)8-6-16-21(20-8)7-4-2-1-3-5-7/h1-6H,(H,17,19,22). The first-order chi connectivity index (χ1) is 10.9. The van der Waals surface area contributed by atoms with Crippen molar-refractivity contribution >= 4 is 22.4 Å². The second-order valence-corrected chi connectivity index (χ2v) is 5.20. The summed E-state index contributed by atoms with van der Waals surface area (Å²) >= 11 is 0.232. The van der Waals surface area contributed by atoms with Crippen LogP contribution in [0.3, 0.4) is 0 Å². The number of aromatic nitrogens is 5. The minimum Gasteiger partial charge on any atom is -0.295 e. The highest BCUT2D eigenvalue weighted by Gasteiger charge is 2.35. The number of alkyl halides is 3. The number of halogens is 3. The van der Waals surface area contributed by atoms with Gasteiger partial charge in [-0.3, -0.25) is 10.1 Å². The maximum absolute atomic E-state index is 12.4. The van der Waals surface area contributed by atoms with Gasteiger partial charge < -0.3 is 0 Å². The third-order valence-corrected chi connectivity index (χ3v) is 3.48. The normalized spacial score (nSPS) is 11.4. The van der Waals surface area contributed by atoms with E-state index < -0.39 is 17.1 Å². The Kier molecular flexibility index (Phi) is 3.78. The molecule has 0 atom stereocenters. The molecular weight excluding hydrogens is 333 g/mol. The summed E-state index contributed by atoms with van der Waals surface area (Å²) in [7, 11) is 0. The first kappa shape index (κ1) is 15.1. The summed E-state index contributed by atoms with van der Waals surface area (Å²) < 4.78 is 37.3. The van der Waals surface area contributed by atoms with Crippen LogP contribution in [0.4, 0.5) is 18.3 Å². The molecule has 0 bridgehead atoms. The monoisotopic (exact) mass is 340 g/mol. The number of benzene rings is 1. The first-order valence-electron chi connectivity index (χ1n) is 6.13. The predicted octanol–water partition coefficient (Wildman–Crippen LogP) is 2.39. The molecule has 0 spiro atoms. The van der Waals surface area contributed by atoms with Crippen molar-refractivity contribution in [2.45, 2.75) is 6.18 Å². The Morgan fingerprint density at radius 1 is 1.17 bits per heavy atom. The fourth-order valence-corrected chi connectivity index (χ4v) is 2.21. The average Bonchev–Trinajstić information content (AvgIpc) is 3.16. The Bertz CT molecular complexity index is 829. The summed E-state index contributed by atoms with van der Waals surface area (Å²) in [4.78, 5) is 13.2. The van der Waals surface area contributed by atoms with Crippen LogP contribution >= 0.6 is 11.3 Å². The first-order valence-corrected chi connectivity index (χ1v) is 6.95. The number of rotatable bonds is 3. The summed E-state index contributed by atoms with van der Waals surface area (Å²) in [5, 5.41) is 14.9. The van der Waals surface area contributed by atoms with E-state index >= 15 is 0 Å². The number of hydrogen-bond acceptors (Lipinski definition) is 6. The van der Waals surface area contributed by atoms with Crippen LogP contribution in [-0.2, 0) is 6.18 Å². The summed E-state index contributed by atoms with van der Waals surface area (Å²) in [6.45, 7) is 0. The average molecular weight is 340 g/mol. The van der Waals surface area contributed by atoms with Gasteiger partial charge in [0.05, 0.1) is 11.9 Å². The Hall–Kier alpha value is -2.82. The quantitative estimate of drug-likeness (QED) is 0.791. The number of nitrogens with one attached hydrogen (secondary N) is 1. The van der Waals surface area contributed by atoms with Crippen molar-refractivity contribution in [1.82, 2.24) is 25.2 Å². The van der Waals surface area contributed by atoms with Gasteiger partial charge in [-0.2, -0.15) is 23.1 Å². The topological polar surface area (TPSA) is 85.6 Å². The molecule has 0 unspecified atom stereocenters. The molecular formula is C12H7F3N6OS. The zero-order chi connectivity index (χ0) is 16.4. The zero-order valence-electron chi connectivity index (χ0n) is 11.2. The molecule has 0 aliphatic carbocycles. The molecule has 0 aliphatic heterocycles. The third-order valence-electron chi connectivity index (χ3n) is 2.60. The molecule has 1 amide bonds. The number of hydrogen-bond donors (Lipinski definition) is 1. The molecule has 3 aromatic rings. The summed E-state index contributed by atoms with van der Waals surface area (Å²) in [6, 6.07) is 8.84. The van der Waals surface area contributed by atoms with E-state index in [1.807, 2.05) is 6.07 Å². The minimum absolute atomic E-state index is 0.0578. The summed E-state index contributed by atoms with van der Waals surface area (Å²) in [6.07, 6.45) is -3.40. The maximum Gasteiger partial charge on any atom is 0.445 e. The Morgan fingerprint density at radius 3 is 2.57 bits per heavy atom. The molecule has 0 aliphatic rings. The van der Waals surface area contributed by atoms with Crippen LogP contribution in [0, 0.1) is 0 Å². The largest absolute Gasteiger partial charge is 0.445 e. The van der Waals surface area contributed by atoms with E-state index in [0.29, 0.717) is 5.69 Å². The van der Waals surface area contributed by atoms with Gasteiger partial charge >= 0.3 is 6.18 Å². The van der Waals surface area contributed by atoms with E-state index in [2.05, 4.69) is 25.7 Å². The van der Waals surface area contributed by atoms with Crippen LogP contribution < -0.4 is 5.32 Å². The highest BCUT2D eigenvalue weighted by molar-refractivity contribution is 7.15. The van der Waals surface area contributed by atoms with Crippen LogP contribution in [0.15, 0.2) is 36.5 Å². The number of nitrogens with zero attached hydrogens (tertiary/aromatic N) is 5. The second-order valence-electron chi connectivity index (χ2n) is 4.22. The SMILES string of the molecule is O=C(Nc1nnc(C(F)(F)F)s1)c1cnn(-c2ccccc2)n1. The van der Waals surface area contributed by atoms with Crippen molar-refractivity contribution in [2.24, 2.45) is 0 Å². The number of carbonyl (C=O) groups excluding carboxylic acids is 1. The van der Waals surface area contributed by atoms with Crippen LogP contribution in [0.1, 0.15) is 15.5 Å². The van der Waals surface area contributed by atoms with E-state index in [4.69, 9.17) is 0 Å². The van der Waals surface area contributed by atoms with Crippen molar-refractivity contribution in [2.75, 3.05) is 5.32 Å². The lowest BCUT2D eigenvalue weighted by Crippen LogP contribution is -2.13. The number of carbonyl (C=O) groups is 1. The van der Waals surface area contributed by atoms with Gasteiger partial charge in [-0.1, -0.05) is 29.5 Å². The molecule has 0 fully saturated rings. The molecule has 0 saturated carbocycles. The van der Waals surface area contributed by atoms with Gasteiger partial charge in [0.1, 0.15) is 0 Å². The third kappa shape index (κ3) is 3.34. The molecule has 2 aromatic heterocycles. The van der Waals surface area contributed by atoms with E-state index in [1.54, 1.807) is 24.3 Å². The number of anilines is 1. The molecule has 1 N–H and O–H groups in total. The molecule has 2 heterocycles. The zero-order valence-corrected chi connectivity index (χ0v) is 12.0. The van der Waals surface area contributed by atoms with Gasteiger partial charge in [-0.05, 0) is 12.1 Å². The lowest BCUT2D eigenvalue weighted by atomic mass is 10.3. The van der Waals surface area contributed by atoms with Gasteiger partial charge in [0.2, 0.25) is 10.1 Å². The van der Waals surface area contributed by atoms with Gasteiger partial charge in [0, 0.05) is 0 Å². The van der Waals surface area contributed by atoms with Gasteiger partial charge in [0.25, 0.3) is 5.91 Å². The van der Waals surface area contributed by atoms with Gasteiger partial charge in [-0.15, -0.1) is 15.3 Å². The molecule has 11 heteroatoms. The van der Waals surface area contributed by atoms with Gasteiger partial charge in [-0.25, -0.2) is 0 Å². The molecule has 7 nitrogen and oxygen atoms in total. The fraction of sp³-hybridized carbons (Fsp3) is 0.0833. The minimum atomic E-state index is -4.60. The van der Waals surface area contributed by atoms with Gasteiger partial charge in [0.15, 0.2) is 5.69 Å². The van der Waals surface area contributed by atoms with Crippen molar-refractivity contribution in [1.29, 1.82) is 0 Å². The maximum atomic E-state index is 12.4. The van der Waals surface area contributed by atoms with Crippen LogP contribution in [0.5, 0.6) is 0 Å². The van der Waals surface area contributed by atoms with Crippen molar-refractivity contribution in [3.63, 3.8) is 0 Å². The molecule has 0 saturated heterocycles. The number of para-hydroxylation sites is 1. The van der Waals surface area contributed by atoms with E-state index in [-0.39, 0.29) is 22.2 Å². The summed E-state index contributed by atoms with van der Waals surface area (Å²) in [5.41, 5.74) is 0.583. The predicted molar refractivity (Wildman–Crippen MR) is 74.2 cm³/mol. The van der Waals surface area contributed by atoms with Crippen LogP contribution in [0.2, 0.25) is 0 Å². The highest BCUT2D eigenvalue weighted by atomic mass is 32.1. The Morgan fingerprint density at radius 2 is 1.91 bits per heavy atom. The van der Waals surface area contributed by atoms with E-state index in [9.17, 15) is 18.0 Å². The molecule has 0 radical (unpaired) electrons. The van der Waals surface area contributed by atoms with Crippen LogP contribution in [0.25, 0.3) is 5.69 Å². The Balaban J connectivity index is 1.74. The van der Waals surface area contributed by atoms with E-state index in [0.717, 1.165) is 0 Å². The lowest BCUT2D eigenvalue weighted by Gasteiger charge is -1.99. The molecule has 23 heavy (non-hydrogen) atoms.